The van der Waals surface area contributed by atoms with Gasteiger partial charge in [-0.25, -0.2) is 9.78 Å². The Bertz CT molecular complexity index is 1090. The molecule has 1 fully saturated rings. The lowest BCUT2D eigenvalue weighted by Gasteiger charge is -2.24. The molecule has 2 amide bonds. The molecule has 27 heavy (non-hydrogen) atoms. The molecule has 2 heterocycles. The predicted octanol–water partition coefficient (Wildman–Crippen LogP) is 3.51. The number of nitrogens with zero attached hydrogens (tertiary/aromatic N) is 4. The Morgan fingerprint density at radius 2 is 2.11 bits per heavy atom. The van der Waals surface area contributed by atoms with Gasteiger partial charge >= 0.3 is 6.03 Å². The minimum Gasteiger partial charge on any atom is -0.345 e. The van der Waals surface area contributed by atoms with Crippen molar-refractivity contribution in [2.45, 2.75) is 25.9 Å². The first-order valence-electron chi connectivity index (χ1n) is 8.68. The third-order valence-electron chi connectivity index (χ3n) is 4.38. The van der Waals surface area contributed by atoms with Crippen LogP contribution in [0, 0.1) is 11.3 Å². The van der Waals surface area contributed by atoms with Crippen LogP contribution >= 0.6 is 0 Å². The number of benzene rings is 2. The second kappa shape index (κ2) is 6.57. The first-order chi connectivity index (χ1) is 13.1. The van der Waals surface area contributed by atoms with Gasteiger partial charge in [0.05, 0.1) is 29.0 Å². The number of nitriles is 1. The van der Waals surface area contributed by atoms with Crippen LogP contribution in [0.1, 0.15) is 31.0 Å². The Morgan fingerprint density at radius 3 is 2.89 bits per heavy atom. The molecule has 0 bridgehead atoms. The first-order valence-corrected chi connectivity index (χ1v) is 8.68. The number of rotatable bonds is 3. The van der Waals surface area contributed by atoms with Crippen LogP contribution in [0.5, 0.6) is 0 Å². The van der Waals surface area contributed by atoms with Crippen molar-refractivity contribution in [2.75, 3.05) is 4.90 Å². The Morgan fingerprint density at radius 1 is 1.26 bits per heavy atom. The summed E-state index contributed by atoms with van der Waals surface area (Å²) in [5, 5.41) is 12.1. The van der Waals surface area contributed by atoms with Gasteiger partial charge in [-0.05, 0) is 49.7 Å². The van der Waals surface area contributed by atoms with E-state index < -0.39 is 6.04 Å². The number of aliphatic imine (C=N–C) groups is 1. The van der Waals surface area contributed by atoms with E-state index >= 15 is 0 Å². The van der Waals surface area contributed by atoms with Crippen molar-refractivity contribution >= 4 is 28.6 Å². The molecular formula is C20H18N6O. The van der Waals surface area contributed by atoms with Gasteiger partial charge in [-0.1, -0.05) is 12.1 Å². The molecule has 0 spiro atoms. The third kappa shape index (κ3) is 3.02. The van der Waals surface area contributed by atoms with Crippen LogP contribution in [0.15, 0.2) is 53.8 Å². The highest BCUT2D eigenvalue weighted by molar-refractivity contribution is 6.17. The normalized spacial score (nSPS) is 18.3. The number of urea groups is 1. The number of hydrogen-bond donors (Lipinski definition) is 2. The summed E-state index contributed by atoms with van der Waals surface area (Å²) in [7, 11) is 0. The van der Waals surface area contributed by atoms with Crippen molar-refractivity contribution < 1.29 is 4.79 Å². The van der Waals surface area contributed by atoms with Crippen molar-refractivity contribution in [3.63, 3.8) is 0 Å². The molecule has 1 unspecified atom stereocenters. The number of H-pyrrole nitrogens is 1. The predicted molar refractivity (Wildman–Crippen MR) is 104 cm³/mol. The standard InChI is InChI=1S/C20H18N6O/c1-12(2)24-19-18(14-5-3-4-13(8-14)10-21)26(20(27)25-19)15-6-7-16-17(9-15)23-11-22-16/h3-9,11-12,18H,1-2H3,(H,22,23)(H,24,25,27). The van der Waals surface area contributed by atoms with Crippen LogP contribution < -0.4 is 10.2 Å². The highest BCUT2D eigenvalue weighted by Crippen LogP contribution is 2.33. The zero-order chi connectivity index (χ0) is 19.0. The second-order valence-electron chi connectivity index (χ2n) is 6.65. The third-order valence-corrected chi connectivity index (χ3v) is 4.38. The second-order valence-corrected chi connectivity index (χ2v) is 6.65. The molecule has 4 rings (SSSR count). The van der Waals surface area contributed by atoms with E-state index in [1.807, 2.05) is 44.2 Å². The maximum absolute atomic E-state index is 12.8. The molecule has 0 radical (unpaired) electrons. The van der Waals surface area contributed by atoms with Gasteiger partial charge in [-0.15, -0.1) is 0 Å². The fraction of sp³-hybridized carbons (Fsp3) is 0.200. The van der Waals surface area contributed by atoms with E-state index in [1.54, 1.807) is 23.4 Å². The Hall–Kier alpha value is -3.66. The smallest absolute Gasteiger partial charge is 0.328 e. The number of carbonyl (C=O) groups is 1. The summed E-state index contributed by atoms with van der Waals surface area (Å²) in [6, 6.07) is 14.4. The lowest BCUT2D eigenvalue weighted by molar-refractivity contribution is 0.252. The van der Waals surface area contributed by atoms with Gasteiger partial charge in [0.15, 0.2) is 0 Å². The topological polar surface area (TPSA) is 97.2 Å². The number of amides is 2. The number of hydrogen-bond acceptors (Lipinski definition) is 4. The van der Waals surface area contributed by atoms with Crippen molar-refractivity contribution in [3.05, 3.63) is 59.9 Å². The van der Waals surface area contributed by atoms with E-state index in [-0.39, 0.29) is 12.1 Å². The van der Waals surface area contributed by atoms with Gasteiger partial charge in [-0.3, -0.25) is 15.2 Å². The molecule has 2 aromatic carbocycles. The summed E-state index contributed by atoms with van der Waals surface area (Å²) in [6.45, 7) is 3.92. The monoisotopic (exact) mass is 358 g/mol. The van der Waals surface area contributed by atoms with E-state index in [4.69, 9.17) is 0 Å². The quantitative estimate of drug-likeness (QED) is 0.749. The number of aromatic nitrogens is 2. The largest absolute Gasteiger partial charge is 0.345 e. The van der Waals surface area contributed by atoms with Crippen molar-refractivity contribution in [3.8, 4) is 6.07 Å². The van der Waals surface area contributed by atoms with E-state index in [2.05, 4.69) is 26.3 Å². The SMILES string of the molecule is CC(C)N=C1NC(=O)N(c2ccc3nc[nH]c3c2)C1c1cccc(C#N)c1. The average Bonchev–Trinajstić information content (AvgIpc) is 3.24. The molecule has 1 aliphatic rings. The van der Waals surface area contributed by atoms with Crippen LogP contribution in [-0.2, 0) is 0 Å². The number of nitrogens with one attached hydrogen (secondary N) is 2. The summed E-state index contributed by atoms with van der Waals surface area (Å²) >= 11 is 0. The van der Waals surface area contributed by atoms with Gasteiger partial charge in [0.2, 0.25) is 0 Å². The molecule has 3 aromatic rings. The lowest BCUT2D eigenvalue weighted by Crippen LogP contribution is -2.29. The summed E-state index contributed by atoms with van der Waals surface area (Å²) < 4.78 is 0. The molecular weight excluding hydrogens is 340 g/mol. The van der Waals surface area contributed by atoms with Crippen LogP contribution in [0.25, 0.3) is 11.0 Å². The number of aromatic amines is 1. The maximum atomic E-state index is 12.8. The Labute approximate surface area is 156 Å². The van der Waals surface area contributed by atoms with Crippen LogP contribution in [0.2, 0.25) is 0 Å². The molecule has 2 N–H and O–H groups in total. The van der Waals surface area contributed by atoms with Gasteiger partial charge < -0.3 is 4.98 Å². The zero-order valence-corrected chi connectivity index (χ0v) is 15.0. The van der Waals surface area contributed by atoms with Crippen LogP contribution in [0.4, 0.5) is 10.5 Å². The molecule has 0 saturated carbocycles. The fourth-order valence-electron chi connectivity index (χ4n) is 3.28. The molecule has 7 nitrogen and oxygen atoms in total. The van der Waals surface area contributed by atoms with E-state index in [9.17, 15) is 10.1 Å². The number of imidazole rings is 1. The van der Waals surface area contributed by atoms with Gasteiger partial charge in [-0.2, -0.15) is 5.26 Å². The summed E-state index contributed by atoms with van der Waals surface area (Å²) in [4.78, 5) is 26.4. The number of amidine groups is 1. The summed E-state index contributed by atoms with van der Waals surface area (Å²) in [5.74, 6) is 0.579. The van der Waals surface area contributed by atoms with Crippen molar-refractivity contribution in [2.24, 2.45) is 4.99 Å². The Balaban J connectivity index is 1.86. The van der Waals surface area contributed by atoms with Gasteiger partial charge in [0.1, 0.15) is 11.9 Å². The fourth-order valence-corrected chi connectivity index (χ4v) is 3.28. The maximum Gasteiger partial charge on any atom is 0.328 e. The van der Waals surface area contributed by atoms with Gasteiger partial charge in [0, 0.05) is 11.7 Å². The van der Waals surface area contributed by atoms with E-state index in [0.29, 0.717) is 11.4 Å². The molecule has 1 aromatic heterocycles. The average molecular weight is 358 g/mol. The lowest BCUT2D eigenvalue weighted by atomic mass is 10.0. The highest BCUT2D eigenvalue weighted by Gasteiger charge is 2.39. The molecule has 1 aliphatic heterocycles. The highest BCUT2D eigenvalue weighted by atomic mass is 16.2. The van der Waals surface area contributed by atoms with Crippen molar-refractivity contribution in [1.29, 1.82) is 5.26 Å². The molecule has 1 saturated heterocycles. The number of anilines is 1. The van der Waals surface area contributed by atoms with E-state index in [0.717, 1.165) is 22.3 Å². The summed E-state index contributed by atoms with van der Waals surface area (Å²) in [5.41, 5.74) is 3.78. The number of carbonyl (C=O) groups excluding carboxylic acids is 1. The zero-order valence-electron chi connectivity index (χ0n) is 15.0. The van der Waals surface area contributed by atoms with Crippen molar-refractivity contribution in [1.82, 2.24) is 15.3 Å². The Kier molecular flexibility index (Phi) is 4.09. The minimum atomic E-state index is -0.423. The summed E-state index contributed by atoms with van der Waals surface area (Å²) in [6.07, 6.45) is 1.62. The van der Waals surface area contributed by atoms with Crippen LogP contribution in [0.3, 0.4) is 0 Å². The molecule has 1 atom stereocenters. The van der Waals surface area contributed by atoms with Gasteiger partial charge in [0.25, 0.3) is 0 Å². The molecule has 7 heteroatoms. The van der Waals surface area contributed by atoms with E-state index in [1.165, 1.54) is 0 Å². The first kappa shape index (κ1) is 16.8. The number of fused-ring (bicyclic) bond motifs is 1. The molecule has 0 aliphatic carbocycles. The van der Waals surface area contributed by atoms with Crippen LogP contribution in [-0.4, -0.2) is 27.9 Å². The molecule has 134 valence electrons. The minimum absolute atomic E-state index is 0.0250.